The Kier molecular flexibility index (Phi) is 0.329. The van der Waals surface area contributed by atoms with Gasteiger partial charge < -0.3 is 0 Å². The first-order valence-corrected chi connectivity index (χ1v) is 1.01. The molecule has 0 aliphatic carbocycles. The van der Waals surface area contributed by atoms with E-state index in [1.54, 1.807) is 0 Å². The predicted molar refractivity (Wildman–Crippen MR) is 13.4 cm³/mol. The Morgan fingerprint density at radius 2 is 2.60 bits per heavy atom. The molecule has 1 aliphatic rings. The van der Waals surface area contributed by atoms with Gasteiger partial charge in [0.05, 0.1) is 5.22 Å². The van der Waals surface area contributed by atoms with Crippen LogP contribution in [0.25, 0.3) is 0 Å². The van der Waals surface area contributed by atoms with E-state index in [1.165, 1.54) is 0 Å². The molecule has 0 bridgehead atoms. The number of hydrogen-bond donors (Lipinski definition) is 0. The summed E-state index contributed by atoms with van der Waals surface area (Å²) < 4.78 is 0. The van der Waals surface area contributed by atoms with Crippen LogP contribution in [-0.2, 0) is 4.84 Å². The van der Waals surface area contributed by atoms with Gasteiger partial charge in [0.15, 0.2) is 5.10 Å². The monoisotopic (exact) mass is 70.0 g/mol. The minimum Gasteiger partial charge on any atom is -0.0576 e. The summed E-state index contributed by atoms with van der Waals surface area (Å²) in [4.78, 5) is 3.99. The van der Waals surface area contributed by atoms with Crippen LogP contribution in [-0.4, -0.2) is 6.40 Å². The summed E-state index contributed by atoms with van der Waals surface area (Å²) in [6.07, 6.45) is 2.01. The molecule has 5 heavy (non-hydrogen) atoms. The Morgan fingerprint density at radius 1 is 1.60 bits per heavy atom. The van der Waals surface area contributed by atoms with Crippen LogP contribution in [0.3, 0.4) is 0 Å². The van der Waals surface area contributed by atoms with Crippen molar-refractivity contribution >= 4 is 6.40 Å². The largest absolute Gasteiger partial charge is 0.702 e. The van der Waals surface area contributed by atoms with Crippen LogP contribution in [0.5, 0.6) is 0 Å². The molecule has 0 N–H and O–H groups in total. The first-order valence-electron chi connectivity index (χ1n) is 1.01. The van der Waals surface area contributed by atoms with Crippen molar-refractivity contribution in [2.45, 2.75) is 0 Å². The van der Waals surface area contributed by atoms with Crippen molar-refractivity contribution in [2.24, 2.45) is 15.6 Å². The molecule has 0 aromatic rings. The zero-order valence-corrected chi connectivity index (χ0v) is 2.25. The summed E-state index contributed by atoms with van der Waals surface area (Å²) in [5, 5.41) is 9.00. The minimum atomic E-state index is 2.01. The molecular formula is CN3O+. The quantitative estimate of drug-likeness (QED) is 0.375. The molecule has 0 atom stereocenters. The second kappa shape index (κ2) is 0.738. The average molecular weight is 70.0 g/mol. The van der Waals surface area contributed by atoms with Crippen LogP contribution >= 0.6 is 0 Å². The SMILES string of the molecule is [C+]1=NN=NO1. The second-order valence-corrected chi connectivity index (χ2v) is 0.454. The highest BCUT2D eigenvalue weighted by molar-refractivity contribution is 5.45. The normalized spacial score (nSPS) is 14.4. The van der Waals surface area contributed by atoms with Crippen molar-refractivity contribution in [3.05, 3.63) is 0 Å². The van der Waals surface area contributed by atoms with E-state index in [9.17, 15) is 0 Å². The summed E-state index contributed by atoms with van der Waals surface area (Å²) >= 11 is 0. The highest BCUT2D eigenvalue weighted by Gasteiger charge is 2.01. The van der Waals surface area contributed by atoms with Crippen LogP contribution < -0.4 is 0 Å². The molecule has 0 fully saturated rings. The molecule has 0 saturated carbocycles. The first-order chi connectivity index (χ1) is 2.50. The smallest absolute Gasteiger partial charge is 0.0576 e. The van der Waals surface area contributed by atoms with Gasteiger partial charge in [-0.25, -0.2) is 0 Å². The lowest BCUT2D eigenvalue weighted by molar-refractivity contribution is 0.332. The summed E-state index contributed by atoms with van der Waals surface area (Å²) in [5.41, 5.74) is 0. The summed E-state index contributed by atoms with van der Waals surface area (Å²) in [6.45, 7) is 0. The van der Waals surface area contributed by atoms with E-state index in [1.807, 2.05) is 6.40 Å². The Labute approximate surface area is 28.1 Å². The lowest BCUT2D eigenvalue weighted by atomic mass is 11.5. The van der Waals surface area contributed by atoms with Crippen LogP contribution in [0.2, 0.25) is 0 Å². The minimum absolute atomic E-state index is 2.01. The molecule has 0 amide bonds. The van der Waals surface area contributed by atoms with E-state index in [0.717, 1.165) is 0 Å². The molecule has 0 aromatic carbocycles. The van der Waals surface area contributed by atoms with Crippen molar-refractivity contribution in [3.8, 4) is 0 Å². The van der Waals surface area contributed by atoms with Crippen molar-refractivity contribution in [1.29, 1.82) is 0 Å². The van der Waals surface area contributed by atoms with Crippen molar-refractivity contribution in [3.63, 3.8) is 0 Å². The second-order valence-electron chi connectivity index (χ2n) is 0.454. The van der Waals surface area contributed by atoms with E-state index >= 15 is 0 Å². The number of nitrogens with zero attached hydrogens (tertiary/aromatic N) is 3. The molecule has 0 unspecified atom stereocenters. The Hall–Kier alpha value is -1.02. The van der Waals surface area contributed by atoms with Gasteiger partial charge in [0.25, 0.3) is 0 Å². The van der Waals surface area contributed by atoms with E-state index in [-0.39, 0.29) is 0 Å². The molecule has 4 heteroatoms. The van der Waals surface area contributed by atoms with Gasteiger partial charge in [-0.3, -0.25) is 0 Å². The number of rotatable bonds is 0. The molecule has 0 radical (unpaired) electrons. The Morgan fingerprint density at radius 3 is 2.80 bits per heavy atom. The third-order valence-electron chi connectivity index (χ3n) is 0.204. The van der Waals surface area contributed by atoms with Crippen LogP contribution in [0, 0.1) is 0 Å². The lowest BCUT2D eigenvalue weighted by Gasteiger charge is -1.40. The fourth-order valence-corrected chi connectivity index (χ4v) is 0.0913. The van der Waals surface area contributed by atoms with Crippen LogP contribution in [0.1, 0.15) is 0 Å². The maximum Gasteiger partial charge on any atom is 0.702 e. The lowest BCUT2D eigenvalue weighted by Crippen LogP contribution is -1.60. The summed E-state index contributed by atoms with van der Waals surface area (Å²) in [6, 6.07) is 0. The van der Waals surface area contributed by atoms with Gasteiger partial charge in [0, 0.05) is 0 Å². The molecule has 4 nitrogen and oxygen atoms in total. The number of hydrogen-bond acceptors (Lipinski definition) is 4. The van der Waals surface area contributed by atoms with E-state index in [2.05, 4.69) is 20.4 Å². The molecule has 0 spiro atoms. The fourth-order valence-electron chi connectivity index (χ4n) is 0.0913. The fraction of sp³-hybridized carbons (Fsp3) is 0. The maximum absolute atomic E-state index is 3.99. The molecular weight excluding hydrogens is 70.0 g/mol. The highest BCUT2D eigenvalue weighted by atomic mass is 16.7. The van der Waals surface area contributed by atoms with Gasteiger partial charge in [0.2, 0.25) is 0 Å². The summed E-state index contributed by atoms with van der Waals surface area (Å²) in [7, 11) is 0. The zero-order chi connectivity index (χ0) is 3.54. The zero-order valence-electron chi connectivity index (χ0n) is 2.25. The molecule has 0 saturated heterocycles. The van der Waals surface area contributed by atoms with Gasteiger partial charge in [-0.1, -0.05) is 4.84 Å². The Balaban J connectivity index is 2.61. The van der Waals surface area contributed by atoms with Crippen molar-refractivity contribution in [1.82, 2.24) is 0 Å². The van der Waals surface area contributed by atoms with Gasteiger partial charge in [-0.15, -0.1) is 0 Å². The van der Waals surface area contributed by atoms with Gasteiger partial charge in [-0.2, -0.15) is 0 Å². The maximum atomic E-state index is 3.99. The topological polar surface area (TPSA) is 46.3 Å². The van der Waals surface area contributed by atoms with Crippen LogP contribution in [0.15, 0.2) is 15.6 Å². The van der Waals surface area contributed by atoms with Gasteiger partial charge >= 0.3 is 6.40 Å². The highest BCUT2D eigenvalue weighted by Crippen LogP contribution is 1.83. The molecule has 24 valence electrons. The molecule has 0 aromatic heterocycles. The average Bonchev–Trinajstić information content (AvgIpc) is 1.76. The third kappa shape index (κ3) is 0.181. The van der Waals surface area contributed by atoms with E-state index in [0.29, 0.717) is 0 Å². The third-order valence-corrected chi connectivity index (χ3v) is 0.204. The molecule has 1 heterocycles. The van der Waals surface area contributed by atoms with Gasteiger partial charge in [0.1, 0.15) is 5.28 Å². The standard InChI is InChI=1S/CN3O/c1-2-3-4-5-1/q+1. The molecule has 1 rings (SSSR count). The van der Waals surface area contributed by atoms with Crippen molar-refractivity contribution in [2.75, 3.05) is 0 Å². The first kappa shape index (κ1) is 2.23. The summed E-state index contributed by atoms with van der Waals surface area (Å²) in [5.74, 6) is 0. The van der Waals surface area contributed by atoms with Crippen LogP contribution in [0.4, 0.5) is 0 Å². The molecule has 1 aliphatic heterocycles. The predicted octanol–water partition coefficient (Wildman–Crippen LogP) is 0.204. The van der Waals surface area contributed by atoms with Crippen molar-refractivity contribution < 1.29 is 4.84 Å². The van der Waals surface area contributed by atoms with E-state index < -0.39 is 0 Å². The van der Waals surface area contributed by atoms with E-state index in [4.69, 9.17) is 0 Å². The van der Waals surface area contributed by atoms with Gasteiger partial charge in [-0.05, 0) is 0 Å². The Bertz CT molecular complexity index is 65.0.